The third kappa shape index (κ3) is 5.37. The van der Waals surface area contributed by atoms with Gasteiger partial charge in [-0.3, -0.25) is 0 Å². The third-order valence-electron chi connectivity index (χ3n) is 3.95. The Morgan fingerprint density at radius 3 is 2.71 bits per heavy atom. The molecule has 0 aromatic carbocycles. The van der Waals surface area contributed by atoms with Gasteiger partial charge in [-0.05, 0) is 32.2 Å². The van der Waals surface area contributed by atoms with Gasteiger partial charge in [-0.25, -0.2) is 0 Å². The van der Waals surface area contributed by atoms with E-state index in [1.807, 2.05) is 0 Å². The molecule has 21 heavy (non-hydrogen) atoms. The van der Waals surface area contributed by atoms with Crippen LogP contribution in [0.4, 0.5) is 0 Å². The molecule has 1 aromatic heterocycles. The molecule has 0 spiro atoms. The molecule has 1 N–H and O–H groups in total. The predicted octanol–water partition coefficient (Wildman–Crippen LogP) is 1.91. The summed E-state index contributed by atoms with van der Waals surface area (Å²) in [6.45, 7) is 5.03. The summed E-state index contributed by atoms with van der Waals surface area (Å²) in [4.78, 5) is 4.51. The van der Waals surface area contributed by atoms with Crippen molar-refractivity contribution in [3.8, 4) is 0 Å². The summed E-state index contributed by atoms with van der Waals surface area (Å²) in [5, 5.41) is 7.56. The average Bonchev–Trinajstić information content (AvgIpc) is 2.97. The highest BCUT2D eigenvalue weighted by molar-refractivity contribution is 4.97. The van der Waals surface area contributed by atoms with Gasteiger partial charge in [0.15, 0.2) is 5.82 Å². The SMILES string of the molecule is CCNC1CCC(c2nc(CCOCCOC)no2)CC1. The fourth-order valence-electron chi connectivity index (χ4n) is 2.78. The third-order valence-corrected chi connectivity index (χ3v) is 3.95. The van der Waals surface area contributed by atoms with Crippen LogP contribution in [0.15, 0.2) is 4.52 Å². The summed E-state index contributed by atoms with van der Waals surface area (Å²) in [6, 6.07) is 0.655. The molecular weight excluding hydrogens is 270 g/mol. The highest BCUT2D eigenvalue weighted by Crippen LogP contribution is 2.31. The first-order valence-corrected chi connectivity index (χ1v) is 7.96. The number of hydrogen-bond acceptors (Lipinski definition) is 6. The average molecular weight is 297 g/mol. The van der Waals surface area contributed by atoms with Gasteiger partial charge in [0.25, 0.3) is 0 Å². The van der Waals surface area contributed by atoms with Gasteiger partial charge in [-0.15, -0.1) is 0 Å². The molecule has 120 valence electrons. The van der Waals surface area contributed by atoms with Crippen LogP contribution in [0, 0.1) is 0 Å². The van der Waals surface area contributed by atoms with E-state index in [4.69, 9.17) is 14.0 Å². The van der Waals surface area contributed by atoms with Gasteiger partial charge < -0.3 is 19.3 Å². The van der Waals surface area contributed by atoms with E-state index in [0.717, 1.165) is 31.1 Å². The predicted molar refractivity (Wildman–Crippen MR) is 79.4 cm³/mol. The Labute approximate surface area is 126 Å². The van der Waals surface area contributed by atoms with Crippen LogP contribution >= 0.6 is 0 Å². The summed E-state index contributed by atoms with van der Waals surface area (Å²) >= 11 is 0. The lowest BCUT2D eigenvalue weighted by molar-refractivity contribution is 0.0714. The molecule has 6 heteroatoms. The lowest BCUT2D eigenvalue weighted by Gasteiger charge is -2.26. The minimum atomic E-state index is 0.426. The maximum absolute atomic E-state index is 5.42. The van der Waals surface area contributed by atoms with Crippen molar-refractivity contribution in [1.29, 1.82) is 0 Å². The molecule has 1 heterocycles. The van der Waals surface area contributed by atoms with Crippen molar-refractivity contribution in [2.24, 2.45) is 0 Å². The van der Waals surface area contributed by atoms with Crippen molar-refractivity contribution in [2.75, 3.05) is 33.5 Å². The fourth-order valence-corrected chi connectivity index (χ4v) is 2.78. The summed E-state index contributed by atoms with van der Waals surface area (Å²) in [5.41, 5.74) is 0. The van der Waals surface area contributed by atoms with Crippen molar-refractivity contribution in [2.45, 2.75) is 51.0 Å². The number of hydrogen-bond donors (Lipinski definition) is 1. The summed E-state index contributed by atoms with van der Waals surface area (Å²) in [6.07, 6.45) is 5.33. The van der Waals surface area contributed by atoms with Crippen LogP contribution in [-0.2, 0) is 15.9 Å². The van der Waals surface area contributed by atoms with Crippen LogP contribution < -0.4 is 5.32 Å². The van der Waals surface area contributed by atoms with Crippen LogP contribution in [0.5, 0.6) is 0 Å². The largest absolute Gasteiger partial charge is 0.382 e. The Balaban J connectivity index is 1.70. The van der Waals surface area contributed by atoms with Gasteiger partial charge in [-0.1, -0.05) is 12.1 Å². The van der Waals surface area contributed by atoms with E-state index in [9.17, 15) is 0 Å². The van der Waals surface area contributed by atoms with Crippen molar-refractivity contribution in [1.82, 2.24) is 15.5 Å². The number of aromatic nitrogens is 2. The van der Waals surface area contributed by atoms with Gasteiger partial charge in [0.1, 0.15) is 0 Å². The quantitative estimate of drug-likeness (QED) is 0.702. The first-order valence-electron chi connectivity index (χ1n) is 7.96. The maximum Gasteiger partial charge on any atom is 0.229 e. The number of nitrogens with one attached hydrogen (secondary N) is 1. The second kappa shape index (κ2) is 9.12. The van der Waals surface area contributed by atoms with Crippen molar-refractivity contribution >= 4 is 0 Å². The molecule has 1 aromatic rings. The zero-order valence-corrected chi connectivity index (χ0v) is 13.1. The molecule has 0 atom stereocenters. The maximum atomic E-state index is 5.42. The van der Waals surface area contributed by atoms with E-state index in [2.05, 4.69) is 22.4 Å². The van der Waals surface area contributed by atoms with Gasteiger partial charge in [0, 0.05) is 25.5 Å². The molecule has 1 aliphatic rings. The molecule has 1 fully saturated rings. The zero-order valence-electron chi connectivity index (χ0n) is 13.1. The molecular formula is C15H27N3O3. The van der Waals surface area contributed by atoms with E-state index in [1.54, 1.807) is 7.11 Å². The van der Waals surface area contributed by atoms with Crippen molar-refractivity contribution < 1.29 is 14.0 Å². The van der Waals surface area contributed by atoms with E-state index in [0.29, 0.717) is 38.2 Å². The van der Waals surface area contributed by atoms with Crippen LogP contribution in [0.1, 0.15) is 50.2 Å². The smallest absolute Gasteiger partial charge is 0.229 e. The van der Waals surface area contributed by atoms with Crippen LogP contribution in [-0.4, -0.2) is 49.7 Å². The molecule has 0 bridgehead atoms. The van der Waals surface area contributed by atoms with E-state index >= 15 is 0 Å². The second-order valence-corrected chi connectivity index (χ2v) is 5.51. The Morgan fingerprint density at radius 1 is 1.19 bits per heavy atom. The molecule has 1 saturated carbocycles. The normalized spacial score (nSPS) is 22.6. The Kier molecular flexibility index (Phi) is 7.12. The van der Waals surface area contributed by atoms with E-state index in [1.165, 1.54) is 12.8 Å². The van der Waals surface area contributed by atoms with Crippen LogP contribution in [0.3, 0.4) is 0 Å². The van der Waals surface area contributed by atoms with Crippen molar-refractivity contribution in [3.05, 3.63) is 11.7 Å². The topological polar surface area (TPSA) is 69.4 Å². The first-order chi connectivity index (χ1) is 10.3. The summed E-state index contributed by atoms with van der Waals surface area (Å²) in [5.74, 6) is 1.98. The van der Waals surface area contributed by atoms with Gasteiger partial charge >= 0.3 is 0 Å². The highest BCUT2D eigenvalue weighted by Gasteiger charge is 2.25. The minimum Gasteiger partial charge on any atom is -0.382 e. The standard InChI is InChI=1S/C15H27N3O3/c1-3-16-13-6-4-12(5-7-13)15-17-14(18-21-15)8-9-20-11-10-19-2/h12-13,16H,3-11H2,1-2H3. The number of ether oxygens (including phenoxy) is 2. The Bertz CT molecular complexity index is 389. The Hall–Kier alpha value is -0.980. The molecule has 6 nitrogen and oxygen atoms in total. The van der Waals surface area contributed by atoms with Crippen LogP contribution in [0.2, 0.25) is 0 Å². The molecule has 0 saturated heterocycles. The van der Waals surface area contributed by atoms with E-state index in [-0.39, 0.29) is 0 Å². The second-order valence-electron chi connectivity index (χ2n) is 5.51. The van der Waals surface area contributed by atoms with Gasteiger partial charge in [-0.2, -0.15) is 4.98 Å². The minimum absolute atomic E-state index is 0.426. The van der Waals surface area contributed by atoms with Gasteiger partial charge in [0.2, 0.25) is 5.89 Å². The molecule has 2 rings (SSSR count). The van der Waals surface area contributed by atoms with E-state index < -0.39 is 0 Å². The lowest BCUT2D eigenvalue weighted by atomic mass is 9.86. The van der Waals surface area contributed by atoms with Crippen molar-refractivity contribution in [3.63, 3.8) is 0 Å². The summed E-state index contributed by atoms with van der Waals surface area (Å²) in [7, 11) is 1.67. The number of nitrogens with zero attached hydrogens (tertiary/aromatic N) is 2. The van der Waals surface area contributed by atoms with Gasteiger partial charge in [0.05, 0.1) is 19.8 Å². The molecule has 0 amide bonds. The molecule has 0 unspecified atom stereocenters. The highest BCUT2D eigenvalue weighted by atomic mass is 16.5. The fraction of sp³-hybridized carbons (Fsp3) is 0.867. The summed E-state index contributed by atoms with van der Waals surface area (Å²) < 4.78 is 15.8. The monoisotopic (exact) mass is 297 g/mol. The lowest BCUT2D eigenvalue weighted by Crippen LogP contribution is -2.32. The zero-order chi connectivity index (χ0) is 14.9. The molecule has 0 aliphatic heterocycles. The molecule has 0 radical (unpaired) electrons. The van der Waals surface area contributed by atoms with Crippen LogP contribution in [0.25, 0.3) is 0 Å². The first kappa shape index (κ1) is 16.4. The number of rotatable bonds is 9. The molecule has 1 aliphatic carbocycles. The Morgan fingerprint density at radius 2 is 2.00 bits per heavy atom. The number of methoxy groups -OCH3 is 1.